The molecule has 0 saturated carbocycles. The maximum absolute atomic E-state index is 12.2. The van der Waals surface area contributed by atoms with E-state index in [-0.39, 0.29) is 12.5 Å². The summed E-state index contributed by atoms with van der Waals surface area (Å²) in [4.78, 5) is 16.6. The van der Waals surface area contributed by atoms with Crippen LogP contribution >= 0.6 is 0 Å². The van der Waals surface area contributed by atoms with Crippen LogP contribution in [0.3, 0.4) is 0 Å². The first-order chi connectivity index (χ1) is 11.1. The average Bonchev–Trinajstić information content (AvgIpc) is 2.56. The van der Waals surface area contributed by atoms with Crippen molar-refractivity contribution in [3.05, 3.63) is 65.9 Å². The molecule has 0 radical (unpaired) electrons. The zero-order chi connectivity index (χ0) is 16.2. The van der Waals surface area contributed by atoms with Crippen LogP contribution in [0, 0.1) is 13.8 Å². The van der Waals surface area contributed by atoms with Crippen molar-refractivity contribution in [1.82, 2.24) is 4.98 Å². The Hall–Kier alpha value is -2.88. The van der Waals surface area contributed by atoms with E-state index < -0.39 is 0 Å². The molecule has 4 nitrogen and oxygen atoms in total. The molecule has 0 unspecified atom stereocenters. The monoisotopic (exact) mass is 305 g/mol. The standard InChI is InChI=1S/C19H19N3O/c1-13-6-3-9-16(14(13)2)21-12-18(23)22-17-10-4-7-15-8-5-11-20-19(15)17/h3-11,21H,12H2,1-2H3,(H,22,23). The average molecular weight is 305 g/mol. The third-order valence-electron chi connectivity index (χ3n) is 3.95. The van der Waals surface area contributed by atoms with Crippen molar-refractivity contribution >= 4 is 28.2 Å². The molecular formula is C19H19N3O. The fourth-order valence-electron chi connectivity index (χ4n) is 2.52. The van der Waals surface area contributed by atoms with E-state index in [9.17, 15) is 4.79 Å². The smallest absolute Gasteiger partial charge is 0.243 e. The van der Waals surface area contributed by atoms with Crippen molar-refractivity contribution in [3.63, 3.8) is 0 Å². The summed E-state index contributed by atoms with van der Waals surface area (Å²) in [5.74, 6) is -0.0935. The van der Waals surface area contributed by atoms with Gasteiger partial charge in [0, 0.05) is 17.3 Å². The van der Waals surface area contributed by atoms with Gasteiger partial charge in [-0.2, -0.15) is 0 Å². The van der Waals surface area contributed by atoms with E-state index in [2.05, 4.69) is 28.6 Å². The molecule has 116 valence electrons. The van der Waals surface area contributed by atoms with Gasteiger partial charge in [0.15, 0.2) is 0 Å². The summed E-state index contributed by atoms with van der Waals surface area (Å²) in [6, 6.07) is 15.6. The highest BCUT2D eigenvalue weighted by Gasteiger charge is 2.07. The first-order valence-electron chi connectivity index (χ1n) is 7.59. The fourth-order valence-corrected chi connectivity index (χ4v) is 2.52. The molecule has 0 spiro atoms. The van der Waals surface area contributed by atoms with Gasteiger partial charge in [0.05, 0.1) is 17.7 Å². The van der Waals surface area contributed by atoms with E-state index in [0.29, 0.717) is 0 Å². The van der Waals surface area contributed by atoms with Gasteiger partial charge in [-0.3, -0.25) is 9.78 Å². The number of fused-ring (bicyclic) bond motifs is 1. The van der Waals surface area contributed by atoms with E-state index >= 15 is 0 Å². The molecule has 2 N–H and O–H groups in total. The highest BCUT2D eigenvalue weighted by atomic mass is 16.1. The summed E-state index contributed by atoms with van der Waals surface area (Å²) in [6.07, 6.45) is 1.73. The van der Waals surface area contributed by atoms with Crippen molar-refractivity contribution < 1.29 is 4.79 Å². The number of benzene rings is 2. The van der Waals surface area contributed by atoms with Crippen LogP contribution in [0.5, 0.6) is 0 Å². The number of rotatable bonds is 4. The molecule has 0 aliphatic carbocycles. The van der Waals surface area contributed by atoms with Crippen LogP contribution in [0.25, 0.3) is 10.9 Å². The van der Waals surface area contributed by atoms with Gasteiger partial charge in [-0.1, -0.05) is 30.3 Å². The molecule has 3 aromatic rings. The number of nitrogens with zero attached hydrogens (tertiary/aromatic N) is 1. The lowest BCUT2D eigenvalue weighted by molar-refractivity contribution is -0.114. The minimum absolute atomic E-state index is 0.0935. The predicted molar refractivity (Wildman–Crippen MR) is 94.8 cm³/mol. The van der Waals surface area contributed by atoms with Crippen LogP contribution in [0.4, 0.5) is 11.4 Å². The zero-order valence-electron chi connectivity index (χ0n) is 13.3. The molecule has 0 aliphatic heterocycles. The van der Waals surface area contributed by atoms with E-state index in [4.69, 9.17) is 0 Å². The quantitative estimate of drug-likeness (QED) is 0.768. The fraction of sp³-hybridized carbons (Fsp3) is 0.158. The molecule has 1 heterocycles. The third-order valence-corrected chi connectivity index (χ3v) is 3.95. The van der Waals surface area contributed by atoms with E-state index in [1.165, 1.54) is 5.56 Å². The molecule has 1 amide bonds. The molecular weight excluding hydrogens is 286 g/mol. The second kappa shape index (κ2) is 6.48. The maximum atomic E-state index is 12.2. The van der Waals surface area contributed by atoms with Gasteiger partial charge in [0.1, 0.15) is 0 Å². The number of aromatic nitrogens is 1. The second-order valence-electron chi connectivity index (χ2n) is 5.53. The molecule has 0 fully saturated rings. The third kappa shape index (κ3) is 3.31. The highest BCUT2D eigenvalue weighted by molar-refractivity contribution is 6.01. The predicted octanol–water partition coefficient (Wildman–Crippen LogP) is 3.90. The SMILES string of the molecule is Cc1cccc(NCC(=O)Nc2cccc3cccnc23)c1C. The first kappa shape index (κ1) is 15.0. The largest absolute Gasteiger partial charge is 0.376 e. The van der Waals surface area contributed by atoms with E-state index in [0.717, 1.165) is 27.8 Å². The van der Waals surface area contributed by atoms with E-state index in [1.54, 1.807) is 6.20 Å². The lowest BCUT2D eigenvalue weighted by Gasteiger charge is -2.12. The number of carbonyl (C=O) groups is 1. The van der Waals surface area contributed by atoms with Crippen molar-refractivity contribution in [2.75, 3.05) is 17.2 Å². The minimum atomic E-state index is -0.0935. The number of hydrogen-bond acceptors (Lipinski definition) is 3. The van der Waals surface area contributed by atoms with Crippen LogP contribution in [0.1, 0.15) is 11.1 Å². The molecule has 1 aromatic heterocycles. The molecule has 0 atom stereocenters. The molecule has 2 aromatic carbocycles. The van der Waals surface area contributed by atoms with Crippen LogP contribution in [0.15, 0.2) is 54.7 Å². The van der Waals surface area contributed by atoms with Gasteiger partial charge in [-0.05, 0) is 43.2 Å². The van der Waals surface area contributed by atoms with E-state index in [1.807, 2.05) is 49.4 Å². The summed E-state index contributed by atoms with van der Waals surface area (Å²) in [6.45, 7) is 4.32. The summed E-state index contributed by atoms with van der Waals surface area (Å²) in [7, 11) is 0. The van der Waals surface area contributed by atoms with Crippen LogP contribution < -0.4 is 10.6 Å². The van der Waals surface area contributed by atoms with Gasteiger partial charge in [0.2, 0.25) is 5.91 Å². The van der Waals surface area contributed by atoms with Crippen molar-refractivity contribution in [2.24, 2.45) is 0 Å². The Labute approximate surface area is 135 Å². The Morgan fingerprint density at radius 1 is 1.00 bits per heavy atom. The minimum Gasteiger partial charge on any atom is -0.376 e. The number of aryl methyl sites for hydroxylation is 1. The number of hydrogen-bond donors (Lipinski definition) is 2. The van der Waals surface area contributed by atoms with Gasteiger partial charge in [-0.15, -0.1) is 0 Å². The Morgan fingerprint density at radius 2 is 1.74 bits per heavy atom. The Morgan fingerprint density at radius 3 is 2.61 bits per heavy atom. The maximum Gasteiger partial charge on any atom is 0.243 e. The van der Waals surface area contributed by atoms with Crippen LogP contribution in [-0.2, 0) is 4.79 Å². The summed E-state index contributed by atoms with van der Waals surface area (Å²) in [5.41, 5.74) is 4.88. The van der Waals surface area contributed by atoms with Gasteiger partial charge >= 0.3 is 0 Å². The number of para-hydroxylation sites is 1. The summed E-state index contributed by atoms with van der Waals surface area (Å²) < 4.78 is 0. The van der Waals surface area contributed by atoms with Crippen molar-refractivity contribution in [1.29, 1.82) is 0 Å². The normalized spacial score (nSPS) is 10.5. The van der Waals surface area contributed by atoms with Crippen molar-refractivity contribution in [3.8, 4) is 0 Å². The highest BCUT2D eigenvalue weighted by Crippen LogP contribution is 2.21. The number of nitrogens with one attached hydrogen (secondary N) is 2. The number of anilines is 2. The molecule has 0 saturated heterocycles. The molecule has 0 aliphatic rings. The number of amides is 1. The molecule has 4 heteroatoms. The molecule has 23 heavy (non-hydrogen) atoms. The Balaban J connectivity index is 1.71. The lowest BCUT2D eigenvalue weighted by atomic mass is 10.1. The van der Waals surface area contributed by atoms with Gasteiger partial charge < -0.3 is 10.6 Å². The van der Waals surface area contributed by atoms with Crippen LogP contribution in [-0.4, -0.2) is 17.4 Å². The Kier molecular flexibility index (Phi) is 4.24. The zero-order valence-corrected chi connectivity index (χ0v) is 13.3. The Bertz CT molecular complexity index is 853. The second-order valence-corrected chi connectivity index (χ2v) is 5.53. The summed E-state index contributed by atoms with van der Waals surface area (Å²) in [5, 5.41) is 7.12. The van der Waals surface area contributed by atoms with Crippen molar-refractivity contribution in [2.45, 2.75) is 13.8 Å². The lowest BCUT2D eigenvalue weighted by Crippen LogP contribution is -2.22. The molecule has 3 rings (SSSR count). The van der Waals surface area contributed by atoms with Gasteiger partial charge in [-0.25, -0.2) is 0 Å². The first-order valence-corrected chi connectivity index (χ1v) is 7.59. The summed E-state index contributed by atoms with van der Waals surface area (Å²) >= 11 is 0. The topological polar surface area (TPSA) is 54.0 Å². The van der Waals surface area contributed by atoms with Gasteiger partial charge in [0.25, 0.3) is 0 Å². The van der Waals surface area contributed by atoms with Crippen LogP contribution in [0.2, 0.25) is 0 Å². The number of carbonyl (C=O) groups excluding carboxylic acids is 1. The number of pyridine rings is 1. The molecule has 0 bridgehead atoms.